The maximum atomic E-state index is 14.6. The lowest BCUT2D eigenvalue weighted by Gasteiger charge is -2.47. The Labute approximate surface area is 235 Å². The molecule has 0 aliphatic heterocycles. The van der Waals surface area contributed by atoms with Gasteiger partial charge in [-0.15, -0.1) is 0 Å². The van der Waals surface area contributed by atoms with Gasteiger partial charge >= 0.3 is 5.97 Å². The summed E-state index contributed by atoms with van der Waals surface area (Å²) in [6.07, 6.45) is 5.40. The van der Waals surface area contributed by atoms with E-state index < -0.39 is 23.5 Å². The Hall–Kier alpha value is -4.59. The Morgan fingerprint density at radius 3 is 2.32 bits per heavy atom. The van der Waals surface area contributed by atoms with Crippen LogP contribution in [0.5, 0.6) is 0 Å². The average Bonchev–Trinajstić information content (AvgIpc) is 3.42. The predicted octanol–water partition coefficient (Wildman–Crippen LogP) is 7.54. The van der Waals surface area contributed by atoms with E-state index in [2.05, 4.69) is 10.3 Å². The van der Waals surface area contributed by atoms with Gasteiger partial charge in [0.05, 0.1) is 17.1 Å². The normalized spacial score (nSPS) is 21.7. The monoisotopic (exact) mass is 550 g/mol. The van der Waals surface area contributed by atoms with E-state index in [4.69, 9.17) is 9.97 Å². The van der Waals surface area contributed by atoms with Gasteiger partial charge in [-0.25, -0.2) is 18.7 Å². The lowest BCUT2D eigenvalue weighted by molar-refractivity contribution is -0.148. The Balaban J connectivity index is 1.40. The van der Waals surface area contributed by atoms with Gasteiger partial charge in [0.1, 0.15) is 17.5 Å². The Bertz CT molecular complexity index is 1760. The van der Waals surface area contributed by atoms with Gasteiger partial charge < -0.3 is 15.4 Å². The first kappa shape index (κ1) is 25.4. The second-order valence-electron chi connectivity index (χ2n) is 11.1. The van der Waals surface area contributed by atoms with E-state index in [0.717, 1.165) is 48.4 Å². The summed E-state index contributed by atoms with van der Waals surface area (Å²) < 4.78 is 28.9. The molecule has 6 nitrogen and oxygen atoms in total. The molecule has 3 aromatic carbocycles. The number of hydrogen-bond acceptors (Lipinski definition) is 4. The number of benzene rings is 3. The highest BCUT2D eigenvalue weighted by atomic mass is 19.1. The number of nitrogens with zero attached hydrogens (tertiary/aromatic N) is 2. The molecular formula is C33H28F2N4O2. The van der Waals surface area contributed by atoms with Crippen LogP contribution in [0.25, 0.3) is 44.7 Å². The quantitative estimate of drug-likeness (QED) is 0.203. The fraction of sp³-hybridized carbons (Fsp3) is 0.242. The Morgan fingerprint density at radius 2 is 1.56 bits per heavy atom. The number of carboxylic acids is 1. The molecule has 3 saturated carbocycles. The number of aromatic amines is 1. The molecule has 3 aliphatic rings. The van der Waals surface area contributed by atoms with Crippen molar-refractivity contribution in [2.45, 2.75) is 31.7 Å². The van der Waals surface area contributed by atoms with Gasteiger partial charge in [0.15, 0.2) is 5.82 Å². The number of carboxylic acid groups (broad SMARTS) is 1. The molecule has 5 aromatic rings. The van der Waals surface area contributed by atoms with Crippen molar-refractivity contribution in [3.63, 3.8) is 0 Å². The van der Waals surface area contributed by atoms with Crippen molar-refractivity contribution in [3.05, 3.63) is 90.6 Å². The summed E-state index contributed by atoms with van der Waals surface area (Å²) >= 11 is 0. The van der Waals surface area contributed by atoms with Crippen molar-refractivity contribution in [1.29, 1.82) is 0 Å². The maximum Gasteiger partial charge on any atom is 0.308 e. The molecule has 3 fully saturated rings. The van der Waals surface area contributed by atoms with Gasteiger partial charge in [0, 0.05) is 40.9 Å². The van der Waals surface area contributed by atoms with Crippen LogP contribution < -0.4 is 5.32 Å². The number of aliphatic carboxylic acids is 1. The van der Waals surface area contributed by atoms with Gasteiger partial charge in [0.2, 0.25) is 0 Å². The number of nitrogens with one attached hydrogen (secondary N) is 2. The third-order valence-corrected chi connectivity index (χ3v) is 8.78. The van der Waals surface area contributed by atoms with E-state index >= 15 is 0 Å². The third-order valence-electron chi connectivity index (χ3n) is 8.78. The summed E-state index contributed by atoms with van der Waals surface area (Å²) in [4.78, 5) is 25.0. The second-order valence-corrected chi connectivity index (χ2v) is 11.1. The zero-order chi connectivity index (χ0) is 28.1. The Morgan fingerprint density at radius 1 is 0.854 bits per heavy atom. The fourth-order valence-corrected chi connectivity index (χ4v) is 6.88. The van der Waals surface area contributed by atoms with Crippen LogP contribution >= 0.6 is 0 Å². The maximum absolute atomic E-state index is 14.6. The minimum atomic E-state index is -0.789. The van der Waals surface area contributed by atoms with Gasteiger partial charge in [0.25, 0.3) is 0 Å². The molecule has 8 heteroatoms. The van der Waals surface area contributed by atoms with Gasteiger partial charge in [-0.2, -0.15) is 0 Å². The van der Waals surface area contributed by atoms with Crippen LogP contribution in [0.1, 0.15) is 25.7 Å². The van der Waals surface area contributed by atoms with Crippen molar-refractivity contribution < 1.29 is 18.7 Å². The molecule has 0 amide bonds. The molecule has 2 heterocycles. The minimum absolute atomic E-state index is 0.133. The first-order chi connectivity index (χ1) is 20.0. The number of anilines is 1. The van der Waals surface area contributed by atoms with Crippen molar-refractivity contribution in [2.75, 3.05) is 5.32 Å². The molecule has 0 radical (unpaired) electrons. The van der Waals surface area contributed by atoms with Crippen molar-refractivity contribution in [2.24, 2.45) is 17.8 Å². The van der Waals surface area contributed by atoms with Gasteiger partial charge in [-0.05, 0) is 54.7 Å². The van der Waals surface area contributed by atoms with Crippen LogP contribution in [0.4, 0.5) is 14.6 Å². The number of aromatic nitrogens is 3. The van der Waals surface area contributed by atoms with Crippen LogP contribution in [0.15, 0.2) is 79.0 Å². The summed E-state index contributed by atoms with van der Waals surface area (Å²) in [5.74, 6) is -1.54. The molecule has 2 aromatic heterocycles. The minimum Gasteiger partial charge on any atom is -0.481 e. The molecule has 0 spiro atoms. The zero-order valence-electron chi connectivity index (χ0n) is 22.1. The fourth-order valence-electron chi connectivity index (χ4n) is 6.88. The highest BCUT2D eigenvalue weighted by Crippen LogP contribution is 2.46. The van der Waals surface area contributed by atoms with Crippen molar-refractivity contribution >= 4 is 22.7 Å². The number of carbonyl (C=O) groups is 1. The molecule has 41 heavy (non-hydrogen) atoms. The molecule has 206 valence electrons. The zero-order valence-corrected chi connectivity index (χ0v) is 22.1. The number of H-pyrrole nitrogens is 1. The average molecular weight is 551 g/mol. The van der Waals surface area contributed by atoms with E-state index in [9.17, 15) is 18.7 Å². The molecule has 0 unspecified atom stereocenters. The first-order valence-corrected chi connectivity index (χ1v) is 14.0. The molecular weight excluding hydrogens is 522 g/mol. The standard InChI is InChI=1S/C33H28F2N4O2/c34-21-14-24-25(17-36-31(24)26(35)15-21)32-37-27(23-9-5-4-8-22(23)18-6-2-1-3-7-18)16-28(39-32)38-30-20-12-10-19(11-13-20)29(30)33(40)41/h1-9,14-17,19-20,29-30,36H,10-13H2,(H,40,41)(H,37,38,39)/t19?,20?,29-,30-/m0/s1. The first-order valence-electron chi connectivity index (χ1n) is 14.0. The number of rotatable bonds is 6. The van der Waals surface area contributed by atoms with Crippen LogP contribution in [0.3, 0.4) is 0 Å². The second kappa shape index (κ2) is 10.1. The third kappa shape index (κ3) is 4.53. The van der Waals surface area contributed by atoms with Crippen molar-refractivity contribution in [1.82, 2.24) is 15.0 Å². The van der Waals surface area contributed by atoms with Crippen molar-refractivity contribution in [3.8, 4) is 33.8 Å². The number of halogens is 2. The largest absolute Gasteiger partial charge is 0.481 e. The van der Waals surface area contributed by atoms with E-state index in [1.165, 1.54) is 6.07 Å². The van der Waals surface area contributed by atoms with E-state index in [1.54, 1.807) is 6.20 Å². The number of fused-ring (bicyclic) bond motifs is 4. The van der Waals surface area contributed by atoms with Crippen LogP contribution in [0, 0.1) is 29.4 Å². The van der Waals surface area contributed by atoms with E-state index in [1.807, 2.05) is 60.7 Å². The molecule has 2 atom stereocenters. The lowest BCUT2D eigenvalue weighted by atomic mass is 9.61. The highest BCUT2D eigenvalue weighted by Gasteiger charge is 2.47. The topological polar surface area (TPSA) is 90.9 Å². The van der Waals surface area contributed by atoms with Crippen LogP contribution in [0.2, 0.25) is 0 Å². The molecule has 3 aliphatic carbocycles. The van der Waals surface area contributed by atoms with Gasteiger partial charge in [-0.3, -0.25) is 4.79 Å². The summed E-state index contributed by atoms with van der Waals surface area (Å²) in [6.45, 7) is 0. The highest BCUT2D eigenvalue weighted by molar-refractivity contribution is 5.95. The van der Waals surface area contributed by atoms with E-state index in [0.29, 0.717) is 22.5 Å². The molecule has 0 saturated heterocycles. The smallest absolute Gasteiger partial charge is 0.308 e. The van der Waals surface area contributed by atoms with Crippen LogP contribution in [-0.2, 0) is 4.79 Å². The molecule has 2 bridgehead atoms. The van der Waals surface area contributed by atoms with Crippen LogP contribution in [-0.4, -0.2) is 32.1 Å². The molecule has 8 rings (SSSR count). The SMILES string of the molecule is O=C(O)[C@H]1C2CCC(CC2)[C@@H]1Nc1cc(-c2ccccc2-c2ccccc2)nc(-c2c[nH]c3c(F)cc(F)cc23)n1. The summed E-state index contributed by atoms with van der Waals surface area (Å²) in [7, 11) is 0. The summed E-state index contributed by atoms with van der Waals surface area (Å²) in [5, 5.41) is 14.0. The Kier molecular flexibility index (Phi) is 6.26. The van der Waals surface area contributed by atoms with Gasteiger partial charge in [-0.1, -0.05) is 54.6 Å². The summed E-state index contributed by atoms with van der Waals surface area (Å²) in [6, 6.07) is 21.6. The predicted molar refractivity (Wildman–Crippen MR) is 154 cm³/mol. The summed E-state index contributed by atoms with van der Waals surface area (Å²) in [5.41, 5.74) is 4.11. The number of hydrogen-bond donors (Lipinski definition) is 3. The molecule has 3 N–H and O–H groups in total. The lowest BCUT2D eigenvalue weighted by Crippen LogP contribution is -2.51. The van der Waals surface area contributed by atoms with E-state index in [-0.39, 0.29) is 29.2 Å².